The number of phenols is 5. The maximum Gasteiger partial charge on any atom is 0.306 e. The molecule has 0 aliphatic carbocycles. The summed E-state index contributed by atoms with van der Waals surface area (Å²) in [5.41, 5.74) is -0.832. The SMILES string of the molecule is COC(=O)C[C@@H](c1cc(C(C)(C)C)c(O)c(C(C)(C)C)c1)c1c(O)cc(O)c2c(=O)c(O)c(-c3ccc(O)c(O)c3)oc12. The summed E-state index contributed by atoms with van der Waals surface area (Å²) < 4.78 is 11.0. The van der Waals surface area contributed by atoms with Gasteiger partial charge in [-0.1, -0.05) is 53.7 Å². The number of fused-ring (bicyclic) bond motifs is 1. The minimum absolute atomic E-state index is 0.0137. The smallest absolute Gasteiger partial charge is 0.306 e. The molecule has 228 valence electrons. The maximum atomic E-state index is 13.4. The lowest BCUT2D eigenvalue weighted by Crippen LogP contribution is -2.20. The average Bonchev–Trinajstić information content (AvgIpc) is 2.90. The zero-order valence-electron chi connectivity index (χ0n) is 25.1. The molecule has 0 fully saturated rings. The van der Waals surface area contributed by atoms with Crippen LogP contribution in [0.5, 0.6) is 34.5 Å². The third-order valence-electron chi connectivity index (χ3n) is 7.47. The van der Waals surface area contributed by atoms with E-state index in [4.69, 9.17) is 9.15 Å². The van der Waals surface area contributed by atoms with Crippen LogP contribution < -0.4 is 5.43 Å². The number of hydrogen-bond donors (Lipinski definition) is 6. The molecule has 6 N–H and O–H groups in total. The molecule has 0 aliphatic heterocycles. The lowest BCUT2D eigenvalue weighted by Gasteiger charge is -2.30. The van der Waals surface area contributed by atoms with Gasteiger partial charge in [-0.3, -0.25) is 9.59 Å². The molecule has 10 nitrogen and oxygen atoms in total. The number of benzene rings is 3. The fourth-order valence-electron chi connectivity index (χ4n) is 5.18. The van der Waals surface area contributed by atoms with E-state index >= 15 is 0 Å². The first-order chi connectivity index (χ1) is 19.9. The average molecular weight is 593 g/mol. The number of rotatable bonds is 5. The molecule has 4 rings (SSSR count). The molecule has 0 amide bonds. The fourth-order valence-corrected chi connectivity index (χ4v) is 5.18. The lowest BCUT2D eigenvalue weighted by molar-refractivity contribution is -0.140. The van der Waals surface area contributed by atoms with Crippen LogP contribution in [0.4, 0.5) is 0 Å². The lowest BCUT2D eigenvalue weighted by atomic mass is 9.75. The Kier molecular flexibility index (Phi) is 7.78. The summed E-state index contributed by atoms with van der Waals surface area (Å²) in [4.78, 5) is 26.2. The van der Waals surface area contributed by atoms with E-state index in [1.165, 1.54) is 13.2 Å². The number of ether oxygens (including phenoxy) is 1. The summed E-state index contributed by atoms with van der Waals surface area (Å²) in [6.45, 7) is 11.5. The number of carbonyl (C=O) groups is 1. The van der Waals surface area contributed by atoms with Gasteiger partial charge in [0.2, 0.25) is 11.2 Å². The molecular weight excluding hydrogens is 556 g/mol. The van der Waals surface area contributed by atoms with Crippen molar-refractivity contribution in [3.05, 3.63) is 68.9 Å². The highest BCUT2D eigenvalue weighted by atomic mass is 16.5. The summed E-state index contributed by atoms with van der Waals surface area (Å²) >= 11 is 0. The highest BCUT2D eigenvalue weighted by molar-refractivity contribution is 5.92. The van der Waals surface area contributed by atoms with Crippen molar-refractivity contribution in [1.82, 2.24) is 0 Å². The number of aromatic hydroxyl groups is 6. The molecular formula is C33H36O10. The molecule has 43 heavy (non-hydrogen) atoms. The van der Waals surface area contributed by atoms with Crippen LogP contribution in [-0.4, -0.2) is 43.7 Å². The van der Waals surface area contributed by atoms with Crippen molar-refractivity contribution < 1.29 is 44.6 Å². The molecule has 0 saturated heterocycles. The first kappa shape index (κ1) is 31.1. The molecule has 1 heterocycles. The Labute approximate surface area is 248 Å². The Morgan fingerprint density at radius 1 is 0.791 bits per heavy atom. The monoisotopic (exact) mass is 592 g/mol. The molecule has 0 bridgehead atoms. The van der Waals surface area contributed by atoms with Gasteiger partial charge >= 0.3 is 5.97 Å². The molecule has 10 heteroatoms. The first-order valence-electron chi connectivity index (χ1n) is 13.6. The summed E-state index contributed by atoms with van der Waals surface area (Å²) in [5.74, 6) is -5.05. The van der Waals surface area contributed by atoms with Gasteiger partial charge in [0.15, 0.2) is 17.3 Å². The van der Waals surface area contributed by atoms with Crippen molar-refractivity contribution in [2.45, 2.75) is 64.7 Å². The summed E-state index contributed by atoms with van der Waals surface area (Å²) in [6.07, 6.45) is -0.332. The van der Waals surface area contributed by atoms with Gasteiger partial charge in [-0.05, 0) is 45.7 Å². The zero-order valence-corrected chi connectivity index (χ0v) is 25.1. The quantitative estimate of drug-likeness (QED) is 0.119. The first-order valence-corrected chi connectivity index (χ1v) is 13.6. The van der Waals surface area contributed by atoms with E-state index in [0.717, 1.165) is 18.2 Å². The van der Waals surface area contributed by atoms with Crippen LogP contribution in [0, 0.1) is 0 Å². The van der Waals surface area contributed by atoms with Crippen LogP contribution in [0.25, 0.3) is 22.3 Å². The summed E-state index contributed by atoms with van der Waals surface area (Å²) in [5, 5.41) is 63.4. The van der Waals surface area contributed by atoms with Gasteiger partial charge in [0, 0.05) is 23.1 Å². The highest BCUT2D eigenvalue weighted by Gasteiger charge is 2.33. The Hall–Kier alpha value is -4.86. The van der Waals surface area contributed by atoms with Crippen molar-refractivity contribution >= 4 is 16.9 Å². The second-order valence-corrected chi connectivity index (χ2v) is 12.6. The number of carbonyl (C=O) groups excluding carboxylic acids is 1. The predicted octanol–water partition coefficient (Wildman–Crippen LogP) is 5.98. The summed E-state index contributed by atoms with van der Waals surface area (Å²) in [7, 11) is 1.21. The second kappa shape index (κ2) is 10.8. The standard InChI is InChI=1S/C33H36O10/c1-32(2,3)18-10-16(11-19(27(18)39)33(4,5)6)17(13-24(38)42-7)25-22(36)14-23(37)26-28(40)29(41)30(43-31(25)26)15-8-9-20(34)21(35)12-15/h8-12,14,17,34-37,39,41H,13H2,1-7H3/t17-/m0/s1. The number of esters is 1. The van der Waals surface area contributed by atoms with Crippen molar-refractivity contribution in [3.8, 4) is 45.8 Å². The molecule has 1 atom stereocenters. The van der Waals surface area contributed by atoms with Crippen LogP contribution in [-0.2, 0) is 20.4 Å². The largest absolute Gasteiger partial charge is 0.507 e. The van der Waals surface area contributed by atoms with Crippen LogP contribution in [0.2, 0.25) is 0 Å². The molecule has 1 aromatic heterocycles. The molecule has 0 spiro atoms. The number of methoxy groups -OCH3 is 1. The van der Waals surface area contributed by atoms with E-state index in [2.05, 4.69) is 0 Å². The van der Waals surface area contributed by atoms with Gasteiger partial charge in [0.1, 0.15) is 28.2 Å². The highest BCUT2D eigenvalue weighted by Crippen LogP contribution is 2.48. The maximum absolute atomic E-state index is 13.4. The Morgan fingerprint density at radius 3 is 1.88 bits per heavy atom. The fraction of sp³-hybridized carbons (Fsp3) is 0.333. The van der Waals surface area contributed by atoms with E-state index in [9.17, 15) is 40.2 Å². The molecule has 0 unspecified atom stereocenters. The molecule has 0 saturated carbocycles. The van der Waals surface area contributed by atoms with E-state index in [1.807, 2.05) is 41.5 Å². The van der Waals surface area contributed by atoms with Crippen molar-refractivity contribution in [2.75, 3.05) is 7.11 Å². The normalized spacial score (nSPS) is 12.8. The van der Waals surface area contributed by atoms with E-state index in [-0.39, 0.29) is 28.9 Å². The van der Waals surface area contributed by atoms with Crippen LogP contribution >= 0.6 is 0 Å². The third-order valence-corrected chi connectivity index (χ3v) is 7.47. The van der Waals surface area contributed by atoms with Crippen molar-refractivity contribution in [2.24, 2.45) is 0 Å². The number of phenolic OH excluding ortho intramolecular Hbond substituents is 5. The summed E-state index contributed by atoms with van der Waals surface area (Å²) in [6, 6.07) is 7.85. The van der Waals surface area contributed by atoms with Gasteiger partial charge < -0.3 is 39.8 Å². The topological polar surface area (TPSA) is 178 Å². The minimum atomic E-state index is -1.03. The third kappa shape index (κ3) is 5.64. The molecule has 4 aromatic rings. The van der Waals surface area contributed by atoms with E-state index in [1.54, 1.807) is 12.1 Å². The van der Waals surface area contributed by atoms with Crippen LogP contribution in [0.1, 0.15) is 76.1 Å². The van der Waals surface area contributed by atoms with Gasteiger partial charge in [0.05, 0.1) is 13.5 Å². The minimum Gasteiger partial charge on any atom is -0.507 e. The van der Waals surface area contributed by atoms with Crippen LogP contribution in [0.15, 0.2) is 45.6 Å². The predicted molar refractivity (Wildman–Crippen MR) is 160 cm³/mol. The van der Waals surface area contributed by atoms with Crippen molar-refractivity contribution in [1.29, 1.82) is 0 Å². The Bertz CT molecular complexity index is 1770. The van der Waals surface area contributed by atoms with Gasteiger partial charge in [-0.25, -0.2) is 0 Å². The molecule has 0 radical (unpaired) electrons. The van der Waals surface area contributed by atoms with Crippen molar-refractivity contribution in [3.63, 3.8) is 0 Å². The second-order valence-electron chi connectivity index (χ2n) is 12.6. The number of hydrogen-bond acceptors (Lipinski definition) is 10. The molecule has 0 aliphatic rings. The van der Waals surface area contributed by atoms with Gasteiger partial charge in [-0.15, -0.1) is 0 Å². The zero-order chi connectivity index (χ0) is 32.2. The molecule has 3 aromatic carbocycles. The Morgan fingerprint density at radius 2 is 1.37 bits per heavy atom. The van der Waals surface area contributed by atoms with Gasteiger partial charge in [0.25, 0.3) is 0 Å². The van der Waals surface area contributed by atoms with Gasteiger partial charge in [-0.2, -0.15) is 0 Å². The Balaban J connectivity index is 2.17. The van der Waals surface area contributed by atoms with E-state index < -0.39 is 68.0 Å². The van der Waals surface area contributed by atoms with E-state index in [0.29, 0.717) is 16.7 Å². The van der Waals surface area contributed by atoms with Crippen LogP contribution in [0.3, 0.4) is 0 Å².